The second kappa shape index (κ2) is 10.9. The Morgan fingerprint density at radius 3 is 1.90 bits per heavy atom. The lowest BCUT2D eigenvalue weighted by molar-refractivity contribution is 1.46. The topological polar surface area (TPSA) is 0 Å². The number of rotatable bonds is 1. The van der Waals surface area contributed by atoms with Crippen molar-refractivity contribution in [3.05, 3.63) is 23.8 Å². The van der Waals surface area contributed by atoms with E-state index in [0.717, 1.165) is 0 Å². The molecule has 0 aromatic rings. The second-order valence-corrected chi connectivity index (χ2v) is 1.82. The molecule has 56 valence electrons. The van der Waals surface area contributed by atoms with Gasteiger partial charge in [0.05, 0.1) is 0 Å². The molecule has 0 bridgehead atoms. The van der Waals surface area contributed by atoms with Gasteiger partial charge in [-0.15, -0.1) is 12.3 Å². The predicted octanol–water partition coefficient (Wildman–Crippen LogP) is 3.17. The van der Waals surface area contributed by atoms with Crippen LogP contribution in [0.25, 0.3) is 0 Å². The van der Waals surface area contributed by atoms with Gasteiger partial charge in [-0.1, -0.05) is 23.8 Å². The van der Waals surface area contributed by atoms with Crippen molar-refractivity contribution in [3.8, 4) is 12.3 Å². The fraction of sp³-hybridized carbons (Fsp3) is 0.400. The van der Waals surface area contributed by atoms with E-state index in [2.05, 4.69) is 31.4 Å². The van der Waals surface area contributed by atoms with Gasteiger partial charge in [0, 0.05) is 0 Å². The first-order valence-electron chi connectivity index (χ1n) is 3.35. The summed E-state index contributed by atoms with van der Waals surface area (Å²) in [5.74, 6) is 2.25. The van der Waals surface area contributed by atoms with Gasteiger partial charge in [0.2, 0.25) is 0 Å². The lowest BCUT2D eigenvalue weighted by Gasteiger charge is -1.81. The molecule has 0 aromatic carbocycles. The summed E-state index contributed by atoms with van der Waals surface area (Å²) in [6, 6.07) is 0. The summed E-state index contributed by atoms with van der Waals surface area (Å²) in [5, 5.41) is 0. The van der Waals surface area contributed by atoms with Crippen molar-refractivity contribution in [2.24, 2.45) is 0 Å². The first-order valence-corrected chi connectivity index (χ1v) is 3.35. The Bertz CT molecular complexity index is 142. The quantitative estimate of drug-likeness (QED) is 0.383. The van der Waals surface area contributed by atoms with Gasteiger partial charge < -0.3 is 0 Å². The van der Waals surface area contributed by atoms with Crippen LogP contribution < -0.4 is 0 Å². The van der Waals surface area contributed by atoms with Gasteiger partial charge in [-0.2, -0.15) is 0 Å². The summed E-state index contributed by atoms with van der Waals surface area (Å²) in [7, 11) is 0. The molecule has 0 aromatic heterocycles. The smallest absolute Gasteiger partial charge is 0.00297 e. The van der Waals surface area contributed by atoms with Crippen molar-refractivity contribution >= 4 is 0 Å². The van der Waals surface area contributed by atoms with Crippen LogP contribution in [0.15, 0.2) is 23.8 Å². The molecule has 0 radical (unpaired) electrons. The molecule has 10 heavy (non-hydrogen) atoms. The maximum atomic E-state index is 4.60. The van der Waals surface area contributed by atoms with Crippen LogP contribution in [0.5, 0.6) is 0 Å². The zero-order valence-electron chi connectivity index (χ0n) is 7.31. The van der Waals surface area contributed by atoms with Crippen LogP contribution in [0.1, 0.15) is 27.7 Å². The fourth-order valence-corrected chi connectivity index (χ4v) is 0.359. The molecule has 0 nitrogen and oxygen atoms in total. The Hall–Kier alpha value is -0.960. The molecule has 0 saturated heterocycles. The van der Waals surface area contributed by atoms with Crippen LogP contribution in [0.3, 0.4) is 0 Å². The summed E-state index contributed by atoms with van der Waals surface area (Å²) >= 11 is 0. The lowest BCUT2D eigenvalue weighted by atomic mass is 10.3. The van der Waals surface area contributed by atoms with E-state index in [9.17, 15) is 0 Å². The molecular weight excluding hydrogens is 120 g/mol. The van der Waals surface area contributed by atoms with Gasteiger partial charge in [0.25, 0.3) is 0 Å². The zero-order valence-corrected chi connectivity index (χ0v) is 7.31. The molecule has 0 atom stereocenters. The Morgan fingerprint density at radius 2 is 1.80 bits per heavy atom. The number of terminal acetylenes is 1. The molecule has 0 aliphatic carbocycles. The largest absolute Gasteiger partial charge is 0.120 e. The monoisotopic (exact) mass is 136 g/mol. The Labute approximate surface area is 64.6 Å². The number of hydrogen-bond donors (Lipinski definition) is 0. The first kappa shape index (κ1) is 11.8. The van der Waals surface area contributed by atoms with E-state index < -0.39 is 0 Å². The molecule has 0 N–H and O–H groups in total. The minimum atomic E-state index is 1.32. The van der Waals surface area contributed by atoms with Crippen LogP contribution in [-0.4, -0.2) is 0 Å². The third-order valence-electron chi connectivity index (χ3n) is 0.885. The molecule has 0 amide bonds. The Balaban J connectivity index is 0. The standard InChI is InChI=1S/C7H12.C3H4/c1-4-6-7(3)5-2;1-3-2/h4-6H,1-3H3;1H,2H3/b6-4-,7-5-;. The van der Waals surface area contributed by atoms with E-state index in [1.807, 2.05) is 19.9 Å². The average molecular weight is 136 g/mol. The van der Waals surface area contributed by atoms with Crippen molar-refractivity contribution in [1.29, 1.82) is 0 Å². The molecular formula is C10H16. The van der Waals surface area contributed by atoms with Gasteiger partial charge in [-0.25, -0.2) is 0 Å². The molecule has 0 saturated carbocycles. The maximum Gasteiger partial charge on any atom is -0.00297 e. The maximum absolute atomic E-state index is 4.60. The van der Waals surface area contributed by atoms with Crippen LogP contribution in [0.4, 0.5) is 0 Å². The van der Waals surface area contributed by atoms with Crippen molar-refractivity contribution in [2.45, 2.75) is 27.7 Å². The molecule has 0 unspecified atom stereocenters. The third kappa shape index (κ3) is 15.7. The van der Waals surface area contributed by atoms with Crippen molar-refractivity contribution in [1.82, 2.24) is 0 Å². The zero-order chi connectivity index (χ0) is 8.41. The highest BCUT2D eigenvalue weighted by molar-refractivity contribution is 5.13. The molecule has 0 spiro atoms. The minimum absolute atomic E-state index is 1.32. The van der Waals surface area contributed by atoms with E-state index in [0.29, 0.717) is 0 Å². The summed E-state index contributed by atoms with van der Waals surface area (Å²) in [6.07, 6.45) is 10.8. The second-order valence-electron chi connectivity index (χ2n) is 1.82. The van der Waals surface area contributed by atoms with Crippen LogP contribution in [0, 0.1) is 12.3 Å². The third-order valence-corrected chi connectivity index (χ3v) is 0.885. The van der Waals surface area contributed by atoms with E-state index in [-0.39, 0.29) is 0 Å². The van der Waals surface area contributed by atoms with Gasteiger partial charge in [0.1, 0.15) is 0 Å². The van der Waals surface area contributed by atoms with Gasteiger partial charge in [0.15, 0.2) is 0 Å². The molecule has 0 heterocycles. The van der Waals surface area contributed by atoms with Crippen LogP contribution in [-0.2, 0) is 0 Å². The van der Waals surface area contributed by atoms with Crippen molar-refractivity contribution < 1.29 is 0 Å². The van der Waals surface area contributed by atoms with E-state index >= 15 is 0 Å². The molecule has 0 aliphatic heterocycles. The Morgan fingerprint density at radius 1 is 1.40 bits per heavy atom. The fourth-order valence-electron chi connectivity index (χ4n) is 0.359. The molecule has 0 aliphatic rings. The summed E-state index contributed by atoms with van der Waals surface area (Å²) in [4.78, 5) is 0. The Kier molecular flexibility index (Phi) is 12.9. The summed E-state index contributed by atoms with van der Waals surface area (Å²) in [6.45, 7) is 7.79. The van der Waals surface area contributed by atoms with E-state index in [1.165, 1.54) is 5.57 Å². The predicted molar refractivity (Wildman–Crippen MR) is 48.8 cm³/mol. The van der Waals surface area contributed by atoms with Crippen LogP contribution in [0.2, 0.25) is 0 Å². The highest BCUT2D eigenvalue weighted by atomic mass is 13.8. The SMILES string of the molecule is C#CC.C/C=C\C(C)=C/C. The molecule has 0 fully saturated rings. The highest BCUT2D eigenvalue weighted by Crippen LogP contribution is 1.91. The van der Waals surface area contributed by atoms with Crippen molar-refractivity contribution in [2.75, 3.05) is 0 Å². The van der Waals surface area contributed by atoms with Crippen LogP contribution >= 0.6 is 0 Å². The average Bonchev–Trinajstić information content (AvgIpc) is 1.90. The normalized spacial score (nSPS) is 10.1. The lowest BCUT2D eigenvalue weighted by Crippen LogP contribution is -1.60. The van der Waals surface area contributed by atoms with Crippen molar-refractivity contribution in [3.63, 3.8) is 0 Å². The van der Waals surface area contributed by atoms with Gasteiger partial charge in [-0.05, 0) is 27.7 Å². The van der Waals surface area contributed by atoms with E-state index in [4.69, 9.17) is 0 Å². The summed E-state index contributed by atoms with van der Waals surface area (Å²) in [5.41, 5.74) is 1.32. The van der Waals surface area contributed by atoms with Gasteiger partial charge >= 0.3 is 0 Å². The van der Waals surface area contributed by atoms with E-state index in [1.54, 1.807) is 6.92 Å². The number of allylic oxidation sites excluding steroid dienone is 4. The van der Waals surface area contributed by atoms with Gasteiger partial charge in [-0.3, -0.25) is 0 Å². The number of hydrogen-bond acceptors (Lipinski definition) is 0. The first-order chi connectivity index (χ1) is 4.72. The molecule has 0 rings (SSSR count). The minimum Gasteiger partial charge on any atom is -0.120 e. The molecule has 0 heteroatoms. The highest BCUT2D eigenvalue weighted by Gasteiger charge is 1.69. The summed E-state index contributed by atoms with van der Waals surface area (Å²) < 4.78 is 0.